The van der Waals surface area contributed by atoms with E-state index < -0.39 is 23.4 Å². The third-order valence-electron chi connectivity index (χ3n) is 4.14. The molecule has 0 aliphatic carbocycles. The van der Waals surface area contributed by atoms with E-state index in [1.165, 1.54) is 11.0 Å². The van der Waals surface area contributed by atoms with Crippen molar-refractivity contribution in [1.82, 2.24) is 4.98 Å². The lowest BCUT2D eigenvalue weighted by Gasteiger charge is -2.31. The first-order valence-electron chi connectivity index (χ1n) is 8.73. The summed E-state index contributed by atoms with van der Waals surface area (Å²) in [6.07, 6.45) is -3.40. The van der Waals surface area contributed by atoms with Crippen molar-refractivity contribution < 1.29 is 22.7 Å². The molecule has 0 saturated carbocycles. The Labute approximate surface area is 156 Å². The third-order valence-corrected chi connectivity index (χ3v) is 4.14. The molecule has 0 N–H and O–H groups in total. The van der Waals surface area contributed by atoms with E-state index in [1.807, 2.05) is 6.07 Å². The normalized spacial score (nSPS) is 14.7. The highest BCUT2D eigenvalue weighted by Crippen LogP contribution is 2.34. The fourth-order valence-electron chi connectivity index (χ4n) is 2.95. The summed E-state index contributed by atoms with van der Waals surface area (Å²) in [7, 11) is 0. The molecule has 2 aromatic rings. The molecule has 7 heteroatoms. The number of hydrogen-bond acceptors (Lipinski definition) is 3. The van der Waals surface area contributed by atoms with Crippen molar-refractivity contribution in [3.63, 3.8) is 0 Å². The van der Waals surface area contributed by atoms with Crippen LogP contribution in [0.1, 0.15) is 38.3 Å². The van der Waals surface area contributed by atoms with E-state index in [1.54, 1.807) is 32.9 Å². The lowest BCUT2D eigenvalue weighted by Crippen LogP contribution is -2.40. The number of alkyl halides is 3. The monoisotopic (exact) mass is 378 g/mol. The first kappa shape index (κ1) is 19.2. The number of hydrogen-bond donors (Lipinski definition) is 0. The Morgan fingerprint density at radius 3 is 2.56 bits per heavy atom. The number of aromatic nitrogens is 1. The number of pyridine rings is 1. The number of ether oxygens (including phenoxy) is 1. The van der Waals surface area contributed by atoms with Crippen LogP contribution in [0.5, 0.6) is 0 Å². The van der Waals surface area contributed by atoms with E-state index >= 15 is 0 Å². The number of carbonyl (C=O) groups excluding carboxylic acids is 1. The van der Waals surface area contributed by atoms with Crippen LogP contribution in [0.25, 0.3) is 11.3 Å². The maximum atomic E-state index is 13.0. The van der Waals surface area contributed by atoms with Crippen LogP contribution in [0, 0.1) is 0 Å². The minimum absolute atomic E-state index is 0.349. The van der Waals surface area contributed by atoms with Gasteiger partial charge in [-0.15, -0.1) is 0 Å². The van der Waals surface area contributed by atoms with Crippen LogP contribution < -0.4 is 4.90 Å². The van der Waals surface area contributed by atoms with Gasteiger partial charge in [0.15, 0.2) is 0 Å². The largest absolute Gasteiger partial charge is 0.443 e. The Morgan fingerprint density at radius 1 is 1.15 bits per heavy atom. The molecule has 0 fully saturated rings. The molecule has 0 radical (unpaired) electrons. The lowest BCUT2D eigenvalue weighted by molar-refractivity contribution is -0.137. The van der Waals surface area contributed by atoms with Gasteiger partial charge in [-0.25, -0.2) is 9.78 Å². The Hall–Kier alpha value is -2.57. The van der Waals surface area contributed by atoms with Crippen LogP contribution in [0.15, 0.2) is 36.4 Å². The average Bonchev–Trinajstić information content (AvgIpc) is 2.58. The molecule has 0 unspecified atom stereocenters. The average molecular weight is 378 g/mol. The van der Waals surface area contributed by atoms with Crippen molar-refractivity contribution in [2.45, 2.75) is 45.4 Å². The van der Waals surface area contributed by atoms with Gasteiger partial charge in [-0.2, -0.15) is 13.2 Å². The fourth-order valence-corrected chi connectivity index (χ4v) is 2.95. The second-order valence-electron chi connectivity index (χ2n) is 7.49. The Balaban J connectivity index is 1.98. The van der Waals surface area contributed by atoms with Crippen LogP contribution in [0.3, 0.4) is 0 Å². The Bertz CT molecular complexity index is 857. The number of halogens is 3. The predicted octanol–water partition coefficient (Wildman–Crippen LogP) is 5.46. The molecule has 3 rings (SSSR count). The fraction of sp³-hybridized carbons (Fsp3) is 0.400. The SMILES string of the molecule is CC(C)(C)OC(=O)N1CCCc2ccc(-c3cccc(C(F)(F)F)c3)nc21. The standard InChI is InChI=1S/C20H21F3N2O2/c1-19(2,3)27-18(26)25-11-5-7-13-9-10-16(24-17(13)25)14-6-4-8-15(12-14)20(21,22)23/h4,6,8-10,12H,5,7,11H2,1-3H3. The van der Waals surface area contributed by atoms with Crippen LogP contribution in [0.4, 0.5) is 23.8 Å². The second kappa shape index (κ2) is 6.87. The number of carbonyl (C=O) groups is 1. The van der Waals surface area contributed by atoms with Gasteiger partial charge in [0.05, 0.1) is 11.3 Å². The molecule has 1 aliphatic rings. The summed E-state index contributed by atoms with van der Waals surface area (Å²) in [5.74, 6) is 0.449. The van der Waals surface area contributed by atoms with E-state index in [0.29, 0.717) is 23.6 Å². The summed E-state index contributed by atoms with van der Waals surface area (Å²) in [5, 5.41) is 0. The van der Waals surface area contributed by atoms with Crippen molar-refractivity contribution in [3.05, 3.63) is 47.5 Å². The zero-order chi connectivity index (χ0) is 19.8. The Morgan fingerprint density at radius 2 is 1.89 bits per heavy atom. The molecular formula is C20H21F3N2O2. The molecule has 144 valence electrons. The van der Waals surface area contributed by atoms with Crippen molar-refractivity contribution >= 4 is 11.9 Å². The van der Waals surface area contributed by atoms with E-state index in [4.69, 9.17) is 4.74 Å². The highest BCUT2D eigenvalue weighted by Gasteiger charge is 2.31. The summed E-state index contributed by atoms with van der Waals surface area (Å²) in [4.78, 5) is 18.5. The molecule has 4 nitrogen and oxygen atoms in total. The summed E-state index contributed by atoms with van der Waals surface area (Å²) in [6, 6.07) is 8.52. The molecule has 2 heterocycles. The van der Waals surface area contributed by atoms with Gasteiger partial charge in [-0.3, -0.25) is 4.90 Å². The number of aryl methyl sites for hydroxylation is 1. The second-order valence-corrected chi connectivity index (χ2v) is 7.49. The first-order valence-corrected chi connectivity index (χ1v) is 8.73. The number of nitrogens with zero attached hydrogens (tertiary/aromatic N) is 2. The van der Waals surface area contributed by atoms with Crippen LogP contribution >= 0.6 is 0 Å². The van der Waals surface area contributed by atoms with Crippen molar-refractivity contribution in [2.24, 2.45) is 0 Å². The summed E-state index contributed by atoms with van der Waals surface area (Å²) in [5.41, 5.74) is 0.233. The van der Waals surface area contributed by atoms with Crippen LogP contribution in [-0.2, 0) is 17.3 Å². The van der Waals surface area contributed by atoms with Gasteiger partial charge in [-0.05, 0) is 57.4 Å². The number of benzene rings is 1. The van der Waals surface area contributed by atoms with Gasteiger partial charge in [0.25, 0.3) is 0 Å². The number of fused-ring (bicyclic) bond motifs is 1. The lowest BCUT2D eigenvalue weighted by atomic mass is 10.0. The molecule has 0 saturated heterocycles. The zero-order valence-corrected chi connectivity index (χ0v) is 15.4. The van der Waals surface area contributed by atoms with Gasteiger partial charge in [0.1, 0.15) is 11.4 Å². The molecule has 1 aromatic carbocycles. The summed E-state index contributed by atoms with van der Waals surface area (Å²) < 4.78 is 44.4. The topological polar surface area (TPSA) is 42.4 Å². The number of amides is 1. The van der Waals surface area contributed by atoms with Crippen LogP contribution in [0.2, 0.25) is 0 Å². The van der Waals surface area contributed by atoms with Gasteiger partial charge in [0.2, 0.25) is 0 Å². The van der Waals surface area contributed by atoms with Gasteiger partial charge < -0.3 is 4.74 Å². The van der Waals surface area contributed by atoms with E-state index in [9.17, 15) is 18.0 Å². The molecule has 1 aromatic heterocycles. The summed E-state index contributed by atoms with van der Waals surface area (Å²) in [6.45, 7) is 5.80. The quantitative estimate of drug-likeness (QED) is 0.662. The number of anilines is 1. The molecule has 0 bridgehead atoms. The third kappa shape index (κ3) is 4.40. The molecule has 0 spiro atoms. The molecule has 0 atom stereocenters. The maximum absolute atomic E-state index is 13.0. The van der Waals surface area contributed by atoms with E-state index in [0.717, 1.165) is 30.5 Å². The minimum Gasteiger partial charge on any atom is -0.443 e. The van der Waals surface area contributed by atoms with Gasteiger partial charge >= 0.3 is 12.3 Å². The smallest absolute Gasteiger partial charge is 0.416 e. The highest BCUT2D eigenvalue weighted by molar-refractivity contribution is 5.88. The van der Waals surface area contributed by atoms with Crippen LogP contribution in [-0.4, -0.2) is 23.2 Å². The van der Waals surface area contributed by atoms with Crippen molar-refractivity contribution in [3.8, 4) is 11.3 Å². The van der Waals surface area contributed by atoms with E-state index in [-0.39, 0.29) is 0 Å². The predicted molar refractivity (Wildman–Crippen MR) is 96.6 cm³/mol. The zero-order valence-electron chi connectivity index (χ0n) is 15.4. The highest BCUT2D eigenvalue weighted by atomic mass is 19.4. The maximum Gasteiger partial charge on any atom is 0.416 e. The number of rotatable bonds is 1. The minimum atomic E-state index is -4.42. The molecule has 1 aliphatic heterocycles. The van der Waals surface area contributed by atoms with Gasteiger partial charge in [0, 0.05) is 12.1 Å². The molecular weight excluding hydrogens is 357 g/mol. The van der Waals surface area contributed by atoms with Crippen molar-refractivity contribution in [1.29, 1.82) is 0 Å². The molecule has 1 amide bonds. The summed E-state index contributed by atoms with van der Waals surface area (Å²) >= 11 is 0. The van der Waals surface area contributed by atoms with Gasteiger partial charge in [-0.1, -0.05) is 18.2 Å². The molecule has 27 heavy (non-hydrogen) atoms. The van der Waals surface area contributed by atoms with E-state index in [2.05, 4.69) is 4.98 Å². The Kier molecular flexibility index (Phi) is 4.88. The van der Waals surface area contributed by atoms with Crippen molar-refractivity contribution in [2.75, 3.05) is 11.4 Å². The first-order chi connectivity index (χ1) is 12.5.